The van der Waals surface area contributed by atoms with Crippen molar-refractivity contribution in [1.82, 2.24) is 5.32 Å². The van der Waals surface area contributed by atoms with Crippen molar-refractivity contribution < 1.29 is 9.84 Å². The van der Waals surface area contributed by atoms with Crippen LogP contribution in [0.1, 0.15) is 6.92 Å². The van der Waals surface area contributed by atoms with E-state index >= 15 is 0 Å². The van der Waals surface area contributed by atoms with Crippen LogP contribution in [0.3, 0.4) is 0 Å². The predicted molar refractivity (Wildman–Crippen MR) is 86.1 cm³/mol. The topological polar surface area (TPSA) is 41.5 Å². The van der Waals surface area contributed by atoms with Crippen molar-refractivity contribution in [3.05, 3.63) is 28.7 Å². The number of aliphatic hydroxyl groups is 1. The minimum atomic E-state index is -0.486. The quantitative estimate of drug-likeness (QED) is 0.720. The molecule has 0 aliphatic carbocycles. The lowest BCUT2D eigenvalue weighted by atomic mass is 10.2. The summed E-state index contributed by atoms with van der Waals surface area (Å²) in [5, 5.41) is 13.1. The first-order chi connectivity index (χ1) is 9.11. The molecule has 0 aliphatic rings. The molecule has 5 heteroatoms. The third kappa shape index (κ3) is 7.82. The summed E-state index contributed by atoms with van der Waals surface area (Å²) in [5.41, 5.74) is 0. The zero-order chi connectivity index (χ0) is 14.1. The summed E-state index contributed by atoms with van der Waals surface area (Å²) in [4.78, 5) is 0. The summed E-state index contributed by atoms with van der Waals surface area (Å²) in [6, 6.07) is 7.62. The molecule has 19 heavy (non-hydrogen) atoms. The molecule has 2 atom stereocenters. The monoisotopic (exact) mass is 347 g/mol. The molecule has 0 heterocycles. The summed E-state index contributed by atoms with van der Waals surface area (Å²) in [5.74, 6) is 2.52. The van der Waals surface area contributed by atoms with Crippen molar-refractivity contribution in [2.45, 2.75) is 13.0 Å². The van der Waals surface area contributed by atoms with Gasteiger partial charge in [-0.25, -0.2) is 0 Å². The molecule has 1 rings (SSSR count). The van der Waals surface area contributed by atoms with Crippen LogP contribution >= 0.6 is 27.7 Å². The molecule has 0 aromatic heterocycles. The lowest BCUT2D eigenvalue weighted by Gasteiger charge is -2.15. The molecule has 0 saturated heterocycles. The highest BCUT2D eigenvalue weighted by atomic mass is 79.9. The largest absolute Gasteiger partial charge is 0.491 e. The molecule has 1 aromatic rings. The van der Waals surface area contributed by atoms with E-state index in [1.165, 1.54) is 0 Å². The Morgan fingerprint density at radius 3 is 2.89 bits per heavy atom. The number of hydrogen-bond acceptors (Lipinski definition) is 4. The van der Waals surface area contributed by atoms with Crippen LogP contribution in [0, 0.1) is 5.92 Å². The van der Waals surface area contributed by atoms with Crippen molar-refractivity contribution in [3.8, 4) is 5.75 Å². The molecule has 0 spiro atoms. The lowest BCUT2D eigenvalue weighted by Crippen LogP contribution is -2.34. The number of aliphatic hydroxyl groups excluding tert-OH is 1. The van der Waals surface area contributed by atoms with Crippen LogP contribution < -0.4 is 10.1 Å². The van der Waals surface area contributed by atoms with Gasteiger partial charge in [-0.3, -0.25) is 0 Å². The normalized spacial score (nSPS) is 14.1. The Bertz CT molecular complexity index is 365. The van der Waals surface area contributed by atoms with Gasteiger partial charge in [-0.2, -0.15) is 11.8 Å². The first kappa shape index (κ1) is 16.8. The van der Waals surface area contributed by atoms with E-state index in [0.717, 1.165) is 22.5 Å². The molecule has 0 radical (unpaired) electrons. The number of hydrogen-bond donors (Lipinski definition) is 2. The third-order valence-electron chi connectivity index (χ3n) is 2.56. The minimum absolute atomic E-state index is 0.306. The Labute approximate surface area is 128 Å². The van der Waals surface area contributed by atoms with Gasteiger partial charge in [0.05, 0.1) is 0 Å². The van der Waals surface area contributed by atoms with Crippen molar-refractivity contribution in [1.29, 1.82) is 0 Å². The Hall–Kier alpha value is -0.230. The first-order valence-electron chi connectivity index (χ1n) is 6.38. The maximum absolute atomic E-state index is 9.82. The maximum atomic E-state index is 9.82. The molecule has 2 N–H and O–H groups in total. The van der Waals surface area contributed by atoms with Crippen LogP contribution in [-0.2, 0) is 0 Å². The second-order valence-electron chi connectivity index (χ2n) is 4.64. The van der Waals surface area contributed by atoms with Gasteiger partial charge < -0.3 is 15.2 Å². The summed E-state index contributed by atoms with van der Waals surface area (Å²) >= 11 is 5.23. The number of nitrogens with one attached hydrogen (secondary N) is 1. The van der Waals surface area contributed by atoms with Crippen LogP contribution in [0.15, 0.2) is 28.7 Å². The van der Waals surface area contributed by atoms with Gasteiger partial charge in [0, 0.05) is 11.0 Å². The summed E-state index contributed by atoms with van der Waals surface area (Å²) in [7, 11) is 0. The number of benzene rings is 1. The first-order valence-corrected chi connectivity index (χ1v) is 8.56. The van der Waals surface area contributed by atoms with Gasteiger partial charge in [-0.15, -0.1) is 0 Å². The van der Waals surface area contributed by atoms with Gasteiger partial charge in [0.1, 0.15) is 18.5 Å². The van der Waals surface area contributed by atoms with Gasteiger partial charge in [-0.1, -0.05) is 28.9 Å². The van der Waals surface area contributed by atoms with Crippen LogP contribution in [0.5, 0.6) is 5.75 Å². The van der Waals surface area contributed by atoms with Gasteiger partial charge >= 0.3 is 0 Å². The predicted octanol–water partition coefficient (Wildman–Crippen LogP) is 2.78. The zero-order valence-corrected chi connectivity index (χ0v) is 13.8. The van der Waals surface area contributed by atoms with E-state index in [2.05, 4.69) is 34.4 Å². The molecule has 108 valence electrons. The molecule has 0 amide bonds. The summed E-state index contributed by atoms with van der Waals surface area (Å²) in [6.07, 6.45) is 1.62. The second-order valence-corrected chi connectivity index (χ2v) is 6.47. The van der Waals surface area contributed by atoms with Crippen LogP contribution in [0.4, 0.5) is 0 Å². The molecule has 0 fully saturated rings. The van der Waals surface area contributed by atoms with Crippen LogP contribution in [0.25, 0.3) is 0 Å². The maximum Gasteiger partial charge on any atom is 0.120 e. The SMILES string of the molecule is CSCC(C)CNCC(O)COc1cccc(Br)c1. The fourth-order valence-corrected chi connectivity index (χ4v) is 2.71. The summed E-state index contributed by atoms with van der Waals surface area (Å²) in [6.45, 7) is 4.00. The third-order valence-corrected chi connectivity index (χ3v) is 3.96. The number of thioether (sulfide) groups is 1. The van der Waals surface area contributed by atoms with E-state index in [0.29, 0.717) is 19.1 Å². The highest BCUT2D eigenvalue weighted by Crippen LogP contribution is 2.17. The highest BCUT2D eigenvalue weighted by molar-refractivity contribution is 9.10. The van der Waals surface area contributed by atoms with Crippen molar-refractivity contribution in [3.63, 3.8) is 0 Å². The van der Waals surface area contributed by atoms with Gasteiger partial charge in [0.15, 0.2) is 0 Å². The van der Waals surface area contributed by atoms with E-state index in [4.69, 9.17) is 4.74 Å². The molecular weight excluding hydrogens is 326 g/mol. The second kappa shape index (κ2) is 9.64. The summed E-state index contributed by atoms with van der Waals surface area (Å²) < 4.78 is 6.50. The Morgan fingerprint density at radius 1 is 1.42 bits per heavy atom. The smallest absolute Gasteiger partial charge is 0.120 e. The van der Waals surface area contributed by atoms with E-state index in [-0.39, 0.29) is 0 Å². The zero-order valence-electron chi connectivity index (χ0n) is 11.4. The highest BCUT2D eigenvalue weighted by Gasteiger charge is 2.06. The number of rotatable bonds is 9. The fourth-order valence-electron chi connectivity index (χ4n) is 1.65. The molecule has 0 aliphatic heterocycles. The Morgan fingerprint density at radius 2 is 2.21 bits per heavy atom. The minimum Gasteiger partial charge on any atom is -0.491 e. The van der Waals surface area contributed by atoms with E-state index in [1.54, 1.807) is 0 Å². The average Bonchev–Trinajstić information content (AvgIpc) is 2.37. The molecule has 3 nitrogen and oxygen atoms in total. The Kier molecular flexibility index (Phi) is 8.53. The van der Waals surface area contributed by atoms with Gasteiger partial charge in [-0.05, 0) is 42.7 Å². The van der Waals surface area contributed by atoms with Crippen molar-refractivity contribution >= 4 is 27.7 Å². The van der Waals surface area contributed by atoms with Gasteiger partial charge in [0.2, 0.25) is 0 Å². The Balaban J connectivity index is 2.16. The standard InChI is InChI=1S/C14H22BrNO2S/c1-11(10-19-2)7-16-8-13(17)9-18-14-5-3-4-12(15)6-14/h3-6,11,13,16-17H,7-10H2,1-2H3. The van der Waals surface area contributed by atoms with Crippen molar-refractivity contribution in [2.75, 3.05) is 31.7 Å². The van der Waals surface area contributed by atoms with Gasteiger partial charge in [0.25, 0.3) is 0 Å². The lowest BCUT2D eigenvalue weighted by molar-refractivity contribution is 0.106. The molecular formula is C14H22BrNO2S. The molecule has 2 unspecified atom stereocenters. The molecule has 0 bridgehead atoms. The van der Waals surface area contributed by atoms with E-state index < -0.39 is 6.10 Å². The number of halogens is 1. The van der Waals surface area contributed by atoms with Crippen molar-refractivity contribution in [2.24, 2.45) is 5.92 Å². The fraction of sp³-hybridized carbons (Fsp3) is 0.571. The van der Waals surface area contributed by atoms with Crippen LogP contribution in [0.2, 0.25) is 0 Å². The van der Waals surface area contributed by atoms with E-state index in [9.17, 15) is 5.11 Å². The number of ether oxygens (including phenoxy) is 1. The molecule has 0 saturated carbocycles. The van der Waals surface area contributed by atoms with Crippen LogP contribution in [-0.4, -0.2) is 42.9 Å². The molecule has 1 aromatic carbocycles. The van der Waals surface area contributed by atoms with E-state index in [1.807, 2.05) is 36.0 Å². The average molecular weight is 348 g/mol.